The summed E-state index contributed by atoms with van der Waals surface area (Å²) in [6.07, 6.45) is -1.85. The Kier molecular flexibility index (Phi) is 6.85. The third-order valence-corrected chi connectivity index (χ3v) is 2.46. The van der Waals surface area contributed by atoms with Crippen LogP contribution in [0.15, 0.2) is 16.5 Å². The molecule has 1 heterocycles. The predicted octanol–water partition coefficient (Wildman–Crippen LogP) is 2.36. The van der Waals surface area contributed by atoms with Crippen molar-refractivity contribution in [3.8, 4) is 0 Å². The van der Waals surface area contributed by atoms with Crippen molar-refractivity contribution >= 4 is 0 Å². The van der Waals surface area contributed by atoms with Gasteiger partial charge in [-0.05, 0) is 25.6 Å². The zero-order chi connectivity index (χ0) is 13.4. The van der Waals surface area contributed by atoms with Crippen molar-refractivity contribution in [2.75, 3.05) is 27.4 Å². The lowest BCUT2D eigenvalue weighted by Gasteiger charge is -2.13. The van der Waals surface area contributed by atoms with Gasteiger partial charge < -0.3 is 19.2 Å². The summed E-state index contributed by atoms with van der Waals surface area (Å²) in [5, 5.41) is 3.06. The molecule has 0 aromatic carbocycles. The highest BCUT2D eigenvalue weighted by molar-refractivity contribution is 5.10. The molecule has 0 amide bonds. The summed E-state index contributed by atoms with van der Waals surface area (Å²) in [5.41, 5.74) is 0. The van der Waals surface area contributed by atoms with E-state index in [1.54, 1.807) is 14.2 Å². The second kappa shape index (κ2) is 8.18. The standard InChI is InChI=1S/C12H19F2NO3/c1-15-10(5-6-17-8-12(13)14)11-4-3-9(18-11)7-16-2/h3-4,10,12,15H,5-8H2,1-2H3. The molecule has 104 valence electrons. The molecule has 0 spiro atoms. The molecule has 4 nitrogen and oxygen atoms in total. The number of alkyl halides is 2. The average molecular weight is 263 g/mol. The number of furan rings is 1. The fourth-order valence-electron chi connectivity index (χ4n) is 1.60. The third-order valence-electron chi connectivity index (χ3n) is 2.46. The van der Waals surface area contributed by atoms with Crippen LogP contribution in [0.25, 0.3) is 0 Å². The SMILES string of the molecule is CNC(CCOCC(F)F)c1ccc(COC)o1. The quantitative estimate of drug-likeness (QED) is 0.695. The van der Waals surface area contributed by atoms with E-state index in [-0.39, 0.29) is 12.6 Å². The van der Waals surface area contributed by atoms with Gasteiger partial charge in [0.2, 0.25) is 0 Å². The molecule has 6 heteroatoms. The van der Waals surface area contributed by atoms with Crippen LogP contribution in [-0.2, 0) is 16.1 Å². The molecule has 1 atom stereocenters. The molecule has 1 N–H and O–H groups in total. The first kappa shape index (κ1) is 15.1. The van der Waals surface area contributed by atoms with E-state index in [4.69, 9.17) is 13.9 Å². The molecule has 1 rings (SSSR count). The number of halogens is 2. The zero-order valence-electron chi connectivity index (χ0n) is 10.6. The van der Waals surface area contributed by atoms with Gasteiger partial charge in [0.05, 0.1) is 6.04 Å². The first-order chi connectivity index (χ1) is 8.67. The second-order valence-electron chi connectivity index (χ2n) is 3.83. The fourth-order valence-corrected chi connectivity index (χ4v) is 1.60. The Morgan fingerprint density at radius 1 is 1.39 bits per heavy atom. The maximum absolute atomic E-state index is 11.9. The highest BCUT2D eigenvalue weighted by Gasteiger charge is 2.14. The predicted molar refractivity (Wildman–Crippen MR) is 62.7 cm³/mol. The summed E-state index contributed by atoms with van der Waals surface area (Å²) >= 11 is 0. The van der Waals surface area contributed by atoms with Crippen LogP contribution in [0.3, 0.4) is 0 Å². The first-order valence-electron chi connectivity index (χ1n) is 5.78. The summed E-state index contributed by atoms with van der Waals surface area (Å²) in [4.78, 5) is 0. The summed E-state index contributed by atoms with van der Waals surface area (Å²) in [5.74, 6) is 1.49. The molecule has 0 aliphatic carbocycles. The van der Waals surface area contributed by atoms with E-state index in [0.29, 0.717) is 13.0 Å². The van der Waals surface area contributed by atoms with E-state index >= 15 is 0 Å². The third kappa shape index (κ3) is 5.12. The van der Waals surface area contributed by atoms with Gasteiger partial charge in [-0.3, -0.25) is 0 Å². The Morgan fingerprint density at radius 3 is 2.78 bits per heavy atom. The van der Waals surface area contributed by atoms with Crippen LogP contribution < -0.4 is 5.32 Å². The van der Waals surface area contributed by atoms with E-state index in [0.717, 1.165) is 11.5 Å². The minimum atomic E-state index is -2.42. The minimum Gasteiger partial charge on any atom is -0.462 e. The van der Waals surface area contributed by atoms with Crippen molar-refractivity contribution in [1.29, 1.82) is 0 Å². The van der Waals surface area contributed by atoms with E-state index in [1.165, 1.54) is 0 Å². The van der Waals surface area contributed by atoms with Gasteiger partial charge in [0, 0.05) is 13.7 Å². The van der Waals surface area contributed by atoms with Gasteiger partial charge in [-0.15, -0.1) is 0 Å². The molecule has 0 fully saturated rings. The summed E-state index contributed by atoms with van der Waals surface area (Å²) in [7, 11) is 3.38. The molecule has 1 aromatic rings. The Morgan fingerprint density at radius 2 is 2.17 bits per heavy atom. The Bertz CT molecular complexity index is 331. The number of methoxy groups -OCH3 is 1. The highest BCUT2D eigenvalue weighted by atomic mass is 19.3. The first-order valence-corrected chi connectivity index (χ1v) is 5.78. The largest absolute Gasteiger partial charge is 0.462 e. The molecule has 0 bridgehead atoms. The van der Waals surface area contributed by atoms with Gasteiger partial charge in [0.1, 0.15) is 24.7 Å². The lowest BCUT2D eigenvalue weighted by atomic mass is 10.1. The van der Waals surface area contributed by atoms with Crippen molar-refractivity contribution in [3.05, 3.63) is 23.7 Å². The summed E-state index contributed by atoms with van der Waals surface area (Å²) in [6.45, 7) is 0.151. The highest BCUT2D eigenvalue weighted by Crippen LogP contribution is 2.20. The van der Waals surface area contributed by atoms with Crippen molar-refractivity contribution < 1.29 is 22.7 Å². The van der Waals surface area contributed by atoms with E-state index in [9.17, 15) is 8.78 Å². The van der Waals surface area contributed by atoms with E-state index < -0.39 is 13.0 Å². The lowest BCUT2D eigenvalue weighted by molar-refractivity contribution is 0.0140. The van der Waals surface area contributed by atoms with Crippen molar-refractivity contribution in [2.24, 2.45) is 0 Å². The van der Waals surface area contributed by atoms with Crippen molar-refractivity contribution in [3.63, 3.8) is 0 Å². The normalized spacial score (nSPS) is 13.2. The zero-order valence-corrected chi connectivity index (χ0v) is 10.6. The van der Waals surface area contributed by atoms with Crippen LogP contribution in [0.4, 0.5) is 8.78 Å². The number of hydrogen-bond donors (Lipinski definition) is 1. The number of ether oxygens (including phenoxy) is 2. The van der Waals surface area contributed by atoms with Crippen LogP contribution in [-0.4, -0.2) is 33.8 Å². The van der Waals surface area contributed by atoms with Crippen LogP contribution in [0.2, 0.25) is 0 Å². The lowest BCUT2D eigenvalue weighted by Crippen LogP contribution is -2.18. The van der Waals surface area contributed by atoms with Gasteiger partial charge in [-0.25, -0.2) is 8.78 Å². The maximum atomic E-state index is 11.9. The smallest absolute Gasteiger partial charge is 0.261 e. The van der Waals surface area contributed by atoms with E-state index in [1.807, 2.05) is 12.1 Å². The topological polar surface area (TPSA) is 43.6 Å². The molecule has 0 radical (unpaired) electrons. The fraction of sp³-hybridized carbons (Fsp3) is 0.667. The van der Waals surface area contributed by atoms with Crippen molar-refractivity contribution in [1.82, 2.24) is 5.32 Å². The van der Waals surface area contributed by atoms with Crippen LogP contribution in [0.5, 0.6) is 0 Å². The summed E-state index contributed by atoms with van der Waals surface area (Å²) < 4.78 is 39.1. The summed E-state index contributed by atoms with van der Waals surface area (Å²) in [6, 6.07) is 3.64. The molecule has 1 unspecified atom stereocenters. The van der Waals surface area contributed by atoms with Crippen LogP contribution in [0.1, 0.15) is 24.0 Å². The van der Waals surface area contributed by atoms with Crippen molar-refractivity contribution in [2.45, 2.75) is 25.5 Å². The monoisotopic (exact) mass is 263 g/mol. The molecule has 0 aliphatic heterocycles. The number of rotatable bonds is 9. The maximum Gasteiger partial charge on any atom is 0.261 e. The van der Waals surface area contributed by atoms with Gasteiger partial charge in [0.25, 0.3) is 6.43 Å². The second-order valence-corrected chi connectivity index (χ2v) is 3.83. The van der Waals surface area contributed by atoms with Gasteiger partial charge in [-0.1, -0.05) is 0 Å². The Labute approximate surface area is 105 Å². The molecule has 0 saturated carbocycles. The van der Waals surface area contributed by atoms with Gasteiger partial charge in [-0.2, -0.15) is 0 Å². The number of nitrogens with one attached hydrogen (secondary N) is 1. The van der Waals surface area contributed by atoms with Crippen LogP contribution >= 0.6 is 0 Å². The minimum absolute atomic E-state index is 0.0479. The van der Waals surface area contributed by atoms with Crippen LogP contribution in [0, 0.1) is 0 Å². The Hall–Kier alpha value is -0.980. The molecule has 0 saturated heterocycles. The number of hydrogen-bond acceptors (Lipinski definition) is 4. The van der Waals surface area contributed by atoms with Gasteiger partial charge in [0.15, 0.2) is 0 Å². The molecule has 0 aliphatic rings. The molecule has 1 aromatic heterocycles. The molecular formula is C12H19F2NO3. The molecular weight excluding hydrogens is 244 g/mol. The van der Waals surface area contributed by atoms with E-state index in [2.05, 4.69) is 5.32 Å². The molecule has 18 heavy (non-hydrogen) atoms. The Balaban J connectivity index is 2.39. The average Bonchev–Trinajstić information content (AvgIpc) is 2.78. The van der Waals surface area contributed by atoms with Gasteiger partial charge >= 0.3 is 0 Å².